The minimum atomic E-state index is 0.747. The first kappa shape index (κ1) is 12.8. The van der Waals surface area contributed by atoms with E-state index in [1.54, 1.807) is 0 Å². The smallest absolute Gasteiger partial charge is 0.0374 e. The molecule has 0 atom stereocenters. The first-order chi connectivity index (χ1) is 9.34. The molecule has 1 fully saturated rings. The third-order valence-electron chi connectivity index (χ3n) is 4.81. The lowest BCUT2D eigenvalue weighted by Gasteiger charge is -2.30. The number of hydrogen-bond donors (Lipinski definition) is 1. The molecule has 1 aromatic rings. The van der Waals surface area contributed by atoms with Crippen LogP contribution in [0.2, 0.25) is 0 Å². The number of anilines is 2. The summed E-state index contributed by atoms with van der Waals surface area (Å²) >= 11 is 0. The van der Waals surface area contributed by atoms with E-state index in [0.717, 1.165) is 12.6 Å². The SMILES string of the molecule is CN(c1ccc2c(c1)CCCN2)C1CCCCCC1. The summed E-state index contributed by atoms with van der Waals surface area (Å²) in [6.45, 7) is 1.13. The van der Waals surface area contributed by atoms with Gasteiger partial charge in [0.25, 0.3) is 0 Å². The van der Waals surface area contributed by atoms with Gasteiger partial charge >= 0.3 is 0 Å². The summed E-state index contributed by atoms with van der Waals surface area (Å²) in [6.07, 6.45) is 10.9. The van der Waals surface area contributed by atoms with Crippen LogP contribution < -0.4 is 10.2 Å². The van der Waals surface area contributed by atoms with Gasteiger partial charge in [-0.2, -0.15) is 0 Å². The van der Waals surface area contributed by atoms with Crippen molar-refractivity contribution < 1.29 is 0 Å². The van der Waals surface area contributed by atoms with E-state index in [9.17, 15) is 0 Å². The van der Waals surface area contributed by atoms with Gasteiger partial charge in [0, 0.05) is 31.0 Å². The highest BCUT2D eigenvalue weighted by atomic mass is 15.1. The van der Waals surface area contributed by atoms with E-state index >= 15 is 0 Å². The maximum Gasteiger partial charge on any atom is 0.0374 e. The normalized spacial score (nSPS) is 20.3. The lowest BCUT2D eigenvalue weighted by atomic mass is 10.0. The quantitative estimate of drug-likeness (QED) is 0.800. The van der Waals surface area contributed by atoms with E-state index in [-0.39, 0.29) is 0 Å². The molecule has 0 radical (unpaired) electrons. The van der Waals surface area contributed by atoms with Gasteiger partial charge < -0.3 is 10.2 Å². The molecule has 1 N–H and O–H groups in total. The largest absolute Gasteiger partial charge is 0.385 e. The van der Waals surface area contributed by atoms with Gasteiger partial charge in [-0.1, -0.05) is 25.7 Å². The molecule has 3 rings (SSSR count). The molecule has 0 spiro atoms. The Bertz CT molecular complexity index is 419. The van der Waals surface area contributed by atoms with Gasteiger partial charge in [0.2, 0.25) is 0 Å². The van der Waals surface area contributed by atoms with Crippen molar-refractivity contribution in [3.05, 3.63) is 23.8 Å². The third kappa shape index (κ3) is 2.88. The highest BCUT2D eigenvalue weighted by Crippen LogP contribution is 2.30. The van der Waals surface area contributed by atoms with Gasteiger partial charge in [0.1, 0.15) is 0 Å². The number of fused-ring (bicyclic) bond motifs is 1. The molecule has 1 saturated carbocycles. The zero-order valence-electron chi connectivity index (χ0n) is 12.1. The third-order valence-corrected chi connectivity index (χ3v) is 4.81. The summed E-state index contributed by atoms with van der Waals surface area (Å²) in [4.78, 5) is 2.53. The van der Waals surface area contributed by atoms with Gasteiger partial charge in [0.15, 0.2) is 0 Å². The minimum absolute atomic E-state index is 0.747. The summed E-state index contributed by atoms with van der Waals surface area (Å²) in [6, 6.07) is 7.72. The van der Waals surface area contributed by atoms with Crippen LogP contribution in [0, 0.1) is 0 Å². The Kier molecular flexibility index (Phi) is 3.95. The zero-order valence-corrected chi connectivity index (χ0v) is 12.1. The fraction of sp³-hybridized carbons (Fsp3) is 0.647. The molecule has 2 heteroatoms. The molecule has 0 aromatic heterocycles. The molecule has 2 aliphatic rings. The van der Waals surface area contributed by atoms with Crippen LogP contribution in [0.25, 0.3) is 0 Å². The lowest BCUT2D eigenvalue weighted by molar-refractivity contribution is 0.553. The number of benzene rings is 1. The molecule has 1 heterocycles. The van der Waals surface area contributed by atoms with E-state index < -0.39 is 0 Å². The van der Waals surface area contributed by atoms with Gasteiger partial charge in [-0.05, 0) is 49.4 Å². The monoisotopic (exact) mass is 258 g/mol. The van der Waals surface area contributed by atoms with Gasteiger partial charge in [-0.15, -0.1) is 0 Å². The first-order valence-corrected chi connectivity index (χ1v) is 7.94. The summed E-state index contributed by atoms with van der Waals surface area (Å²) < 4.78 is 0. The summed E-state index contributed by atoms with van der Waals surface area (Å²) in [7, 11) is 2.29. The van der Waals surface area contributed by atoms with Crippen molar-refractivity contribution >= 4 is 11.4 Å². The van der Waals surface area contributed by atoms with Crippen molar-refractivity contribution in [2.45, 2.75) is 57.4 Å². The topological polar surface area (TPSA) is 15.3 Å². The number of rotatable bonds is 2. The fourth-order valence-corrected chi connectivity index (χ4v) is 3.54. The van der Waals surface area contributed by atoms with Crippen molar-refractivity contribution in [2.24, 2.45) is 0 Å². The maximum atomic E-state index is 3.50. The van der Waals surface area contributed by atoms with E-state index in [2.05, 4.69) is 35.5 Å². The van der Waals surface area contributed by atoms with Crippen LogP contribution in [0.4, 0.5) is 11.4 Å². The predicted octanol–water partition coefficient (Wildman–Crippen LogP) is 4.20. The van der Waals surface area contributed by atoms with Crippen LogP contribution >= 0.6 is 0 Å². The van der Waals surface area contributed by atoms with Crippen LogP contribution in [-0.2, 0) is 6.42 Å². The van der Waals surface area contributed by atoms with Crippen molar-refractivity contribution in [3.63, 3.8) is 0 Å². The van der Waals surface area contributed by atoms with Gasteiger partial charge in [-0.25, -0.2) is 0 Å². The van der Waals surface area contributed by atoms with E-state index in [4.69, 9.17) is 0 Å². The molecular formula is C17H26N2. The molecule has 19 heavy (non-hydrogen) atoms. The number of hydrogen-bond acceptors (Lipinski definition) is 2. The highest BCUT2D eigenvalue weighted by Gasteiger charge is 2.18. The highest BCUT2D eigenvalue weighted by molar-refractivity contribution is 5.61. The molecule has 0 bridgehead atoms. The Morgan fingerprint density at radius 3 is 2.63 bits per heavy atom. The fourth-order valence-electron chi connectivity index (χ4n) is 3.54. The van der Waals surface area contributed by atoms with Crippen molar-refractivity contribution in [2.75, 3.05) is 23.8 Å². The van der Waals surface area contributed by atoms with Crippen LogP contribution in [0.15, 0.2) is 18.2 Å². The summed E-state index contributed by atoms with van der Waals surface area (Å²) in [5.41, 5.74) is 4.27. The van der Waals surface area contributed by atoms with E-state index in [1.165, 1.54) is 68.3 Å². The average molecular weight is 258 g/mol. The first-order valence-electron chi connectivity index (χ1n) is 7.94. The standard InChI is InChI=1S/C17H26N2/c1-19(15-8-4-2-3-5-9-15)16-10-11-17-14(13-16)7-6-12-18-17/h10-11,13,15,18H,2-9,12H2,1H3. The second kappa shape index (κ2) is 5.85. The molecular weight excluding hydrogens is 232 g/mol. The Balaban J connectivity index is 1.76. The van der Waals surface area contributed by atoms with Crippen LogP contribution in [0.3, 0.4) is 0 Å². The molecule has 0 amide bonds. The molecule has 1 aromatic carbocycles. The Morgan fingerprint density at radius 1 is 1.05 bits per heavy atom. The number of nitrogens with zero attached hydrogens (tertiary/aromatic N) is 1. The Labute approximate surface area is 117 Å². The second-order valence-electron chi connectivity index (χ2n) is 6.13. The van der Waals surface area contributed by atoms with E-state index in [0.29, 0.717) is 0 Å². The molecule has 1 aliphatic carbocycles. The Morgan fingerprint density at radius 2 is 1.84 bits per heavy atom. The second-order valence-corrected chi connectivity index (χ2v) is 6.13. The summed E-state index contributed by atoms with van der Waals surface area (Å²) in [5.74, 6) is 0. The maximum absolute atomic E-state index is 3.50. The van der Waals surface area contributed by atoms with Crippen molar-refractivity contribution in [1.82, 2.24) is 0 Å². The minimum Gasteiger partial charge on any atom is -0.385 e. The summed E-state index contributed by atoms with van der Waals surface area (Å²) in [5, 5.41) is 3.50. The van der Waals surface area contributed by atoms with Crippen molar-refractivity contribution in [1.29, 1.82) is 0 Å². The molecule has 1 aliphatic heterocycles. The number of aryl methyl sites for hydroxylation is 1. The van der Waals surface area contributed by atoms with Crippen LogP contribution in [0.1, 0.15) is 50.5 Å². The average Bonchev–Trinajstić information content (AvgIpc) is 2.75. The van der Waals surface area contributed by atoms with Gasteiger partial charge in [-0.3, -0.25) is 0 Å². The van der Waals surface area contributed by atoms with Crippen LogP contribution in [-0.4, -0.2) is 19.6 Å². The van der Waals surface area contributed by atoms with Crippen molar-refractivity contribution in [3.8, 4) is 0 Å². The zero-order chi connectivity index (χ0) is 13.1. The molecule has 0 saturated heterocycles. The lowest BCUT2D eigenvalue weighted by Crippen LogP contribution is -2.31. The molecule has 104 valence electrons. The molecule has 0 unspecified atom stereocenters. The van der Waals surface area contributed by atoms with Gasteiger partial charge in [0.05, 0.1) is 0 Å². The molecule has 2 nitrogen and oxygen atoms in total. The number of nitrogens with one attached hydrogen (secondary N) is 1. The van der Waals surface area contributed by atoms with E-state index in [1.807, 2.05) is 0 Å². The predicted molar refractivity (Wildman–Crippen MR) is 83.1 cm³/mol. The Hall–Kier alpha value is -1.18. The van der Waals surface area contributed by atoms with Crippen LogP contribution in [0.5, 0.6) is 0 Å².